The van der Waals surface area contributed by atoms with Crippen LogP contribution >= 0.6 is 11.8 Å². The lowest BCUT2D eigenvalue weighted by atomic mass is 10.2. The van der Waals surface area contributed by atoms with E-state index in [2.05, 4.69) is 60.9 Å². The standard InChI is InChI=1S/C15H25N3S/c1-4-16-8-14-6-5-7-15(17-14)11-18-9-12(2)19-13(3)10-18/h5-7,12-13,16H,4,8-11H2,1-3H3. The zero-order valence-corrected chi connectivity index (χ0v) is 13.0. The minimum atomic E-state index is 0.730. The van der Waals surface area contributed by atoms with E-state index in [1.54, 1.807) is 0 Å². The van der Waals surface area contributed by atoms with Gasteiger partial charge in [0.1, 0.15) is 0 Å². The highest BCUT2D eigenvalue weighted by Crippen LogP contribution is 2.25. The smallest absolute Gasteiger partial charge is 0.0547 e. The summed E-state index contributed by atoms with van der Waals surface area (Å²) in [5.41, 5.74) is 2.34. The number of pyridine rings is 1. The minimum absolute atomic E-state index is 0.730. The number of thioether (sulfide) groups is 1. The van der Waals surface area contributed by atoms with Crippen LogP contribution in [-0.4, -0.2) is 40.0 Å². The van der Waals surface area contributed by atoms with Gasteiger partial charge in [0.15, 0.2) is 0 Å². The van der Waals surface area contributed by atoms with Crippen molar-refractivity contribution in [3.8, 4) is 0 Å². The van der Waals surface area contributed by atoms with Crippen molar-refractivity contribution in [2.24, 2.45) is 0 Å². The van der Waals surface area contributed by atoms with Crippen LogP contribution in [0.2, 0.25) is 0 Å². The van der Waals surface area contributed by atoms with Gasteiger partial charge in [0.05, 0.1) is 11.4 Å². The molecule has 1 fully saturated rings. The molecule has 4 heteroatoms. The second kappa shape index (κ2) is 7.27. The molecule has 0 bridgehead atoms. The van der Waals surface area contributed by atoms with Crippen LogP contribution in [0.3, 0.4) is 0 Å². The number of nitrogens with one attached hydrogen (secondary N) is 1. The lowest BCUT2D eigenvalue weighted by Crippen LogP contribution is -2.39. The fraction of sp³-hybridized carbons (Fsp3) is 0.667. The van der Waals surface area contributed by atoms with Gasteiger partial charge in [0.2, 0.25) is 0 Å². The summed E-state index contributed by atoms with van der Waals surface area (Å²) < 4.78 is 0. The molecule has 1 aliphatic rings. The van der Waals surface area contributed by atoms with Gasteiger partial charge in [-0.2, -0.15) is 11.8 Å². The van der Waals surface area contributed by atoms with Gasteiger partial charge in [-0.15, -0.1) is 0 Å². The maximum atomic E-state index is 4.74. The molecule has 1 N–H and O–H groups in total. The van der Waals surface area contributed by atoms with Crippen LogP contribution in [0, 0.1) is 0 Å². The molecule has 1 aromatic rings. The first kappa shape index (κ1) is 14.8. The quantitative estimate of drug-likeness (QED) is 0.896. The van der Waals surface area contributed by atoms with Crippen LogP contribution in [0.4, 0.5) is 0 Å². The molecule has 2 heterocycles. The van der Waals surface area contributed by atoms with E-state index < -0.39 is 0 Å². The summed E-state index contributed by atoms with van der Waals surface area (Å²) in [6.07, 6.45) is 0. The number of aromatic nitrogens is 1. The third-order valence-corrected chi connectivity index (χ3v) is 4.53. The second-order valence-electron chi connectivity index (χ2n) is 5.35. The summed E-state index contributed by atoms with van der Waals surface area (Å²) in [5, 5.41) is 4.79. The first-order valence-corrected chi connectivity index (χ1v) is 8.15. The lowest BCUT2D eigenvalue weighted by molar-refractivity contribution is 0.259. The highest BCUT2D eigenvalue weighted by atomic mass is 32.2. The summed E-state index contributed by atoms with van der Waals surface area (Å²) in [6.45, 7) is 12.0. The highest BCUT2D eigenvalue weighted by molar-refractivity contribution is 8.00. The maximum Gasteiger partial charge on any atom is 0.0547 e. The topological polar surface area (TPSA) is 28.2 Å². The largest absolute Gasteiger partial charge is 0.311 e. The molecule has 106 valence electrons. The zero-order valence-electron chi connectivity index (χ0n) is 12.2. The van der Waals surface area contributed by atoms with Crippen molar-refractivity contribution >= 4 is 11.8 Å². The fourth-order valence-electron chi connectivity index (χ4n) is 2.61. The van der Waals surface area contributed by atoms with E-state index in [1.807, 2.05) is 0 Å². The lowest BCUT2D eigenvalue weighted by Gasteiger charge is -2.34. The third-order valence-electron chi connectivity index (χ3n) is 3.30. The average Bonchev–Trinajstić information content (AvgIpc) is 2.35. The van der Waals surface area contributed by atoms with Gasteiger partial charge in [-0.3, -0.25) is 9.88 Å². The van der Waals surface area contributed by atoms with Crippen molar-refractivity contribution in [2.45, 2.75) is 44.4 Å². The number of hydrogen-bond donors (Lipinski definition) is 1. The Hall–Kier alpha value is -0.580. The van der Waals surface area contributed by atoms with Crippen molar-refractivity contribution in [2.75, 3.05) is 19.6 Å². The zero-order chi connectivity index (χ0) is 13.7. The molecule has 1 aromatic heterocycles. The molecule has 1 aliphatic heterocycles. The number of rotatable bonds is 5. The van der Waals surface area contributed by atoms with Crippen LogP contribution in [0.1, 0.15) is 32.2 Å². The van der Waals surface area contributed by atoms with Gasteiger partial charge >= 0.3 is 0 Å². The normalized spacial score (nSPS) is 24.6. The first-order valence-electron chi connectivity index (χ1n) is 7.20. The van der Waals surface area contributed by atoms with Crippen LogP contribution in [0.15, 0.2) is 18.2 Å². The summed E-state index contributed by atoms with van der Waals surface area (Å²) in [7, 11) is 0. The Balaban J connectivity index is 1.94. The maximum absolute atomic E-state index is 4.74. The number of nitrogens with zero attached hydrogens (tertiary/aromatic N) is 2. The summed E-state index contributed by atoms with van der Waals surface area (Å²) in [4.78, 5) is 7.28. The van der Waals surface area contributed by atoms with Crippen LogP contribution < -0.4 is 5.32 Å². The highest BCUT2D eigenvalue weighted by Gasteiger charge is 2.22. The van der Waals surface area contributed by atoms with Gasteiger partial charge in [-0.1, -0.05) is 26.8 Å². The van der Waals surface area contributed by atoms with Crippen LogP contribution in [0.25, 0.3) is 0 Å². The summed E-state index contributed by atoms with van der Waals surface area (Å²) in [5.74, 6) is 0. The molecule has 2 atom stereocenters. The Morgan fingerprint density at radius 3 is 2.63 bits per heavy atom. The van der Waals surface area contributed by atoms with Gasteiger partial charge in [-0.25, -0.2) is 0 Å². The molecule has 0 aromatic carbocycles. The number of hydrogen-bond acceptors (Lipinski definition) is 4. The molecule has 2 rings (SSSR count). The second-order valence-corrected chi connectivity index (χ2v) is 7.23. The molecule has 0 amide bonds. The predicted molar refractivity (Wildman–Crippen MR) is 83.4 cm³/mol. The predicted octanol–water partition coefficient (Wildman–Crippen LogP) is 2.52. The van der Waals surface area contributed by atoms with E-state index in [9.17, 15) is 0 Å². The van der Waals surface area contributed by atoms with Gasteiger partial charge < -0.3 is 5.32 Å². The van der Waals surface area contributed by atoms with E-state index in [-0.39, 0.29) is 0 Å². The Morgan fingerprint density at radius 1 is 1.26 bits per heavy atom. The van der Waals surface area contributed by atoms with Crippen molar-refractivity contribution in [3.05, 3.63) is 29.6 Å². The Kier molecular flexibility index (Phi) is 5.67. The molecule has 1 saturated heterocycles. The van der Waals surface area contributed by atoms with Gasteiger partial charge in [0, 0.05) is 36.7 Å². The van der Waals surface area contributed by atoms with Crippen molar-refractivity contribution in [3.63, 3.8) is 0 Å². The molecular weight excluding hydrogens is 254 g/mol. The van der Waals surface area contributed by atoms with E-state index >= 15 is 0 Å². The fourth-order valence-corrected chi connectivity index (χ4v) is 4.00. The monoisotopic (exact) mass is 279 g/mol. The molecule has 0 saturated carbocycles. The Labute approximate surface area is 121 Å². The Morgan fingerprint density at radius 2 is 1.95 bits per heavy atom. The molecule has 3 nitrogen and oxygen atoms in total. The van der Waals surface area contributed by atoms with Crippen molar-refractivity contribution in [1.82, 2.24) is 15.2 Å². The molecule has 0 aliphatic carbocycles. The SMILES string of the molecule is CCNCc1cccc(CN2CC(C)SC(C)C2)n1. The van der Waals surface area contributed by atoms with E-state index in [4.69, 9.17) is 4.98 Å². The summed E-state index contributed by atoms with van der Waals surface area (Å²) >= 11 is 2.10. The van der Waals surface area contributed by atoms with Crippen molar-refractivity contribution in [1.29, 1.82) is 0 Å². The van der Waals surface area contributed by atoms with Crippen LogP contribution in [0.5, 0.6) is 0 Å². The molecule has 0 radical (unpaired) electrons. The van der Waals surface area contributed by atoms with Crippen molar-refractivity contribution < 1.29 is 0 Å². The van der Waals surface area contributed by atoms with Crippen LogP contribution in [-0.2, 0) is 13.1 Å². The molecule has 19 heavy (non-hydrogen) atoms. The first-order chi connectivity index (χ1) is 9.17. The average molecular weight is 279 g/mol. The van der Waals surface area contributed by atoms with Gasteiger partial charge in [-0.05, 0) is 18.7 Å². The molecule has 0 spiro atoms. The summed E-state index contributed by atoms with van der Waals surface area (Å²) in [6, 6.07) is 6.37. The van der Waals surface area contributed by atoms with E-state index in [1.165, 1.54) is 18.8 Å². The van der Waals surface area contributed by atoms with E-state index in [0.29, 0.717) is 0 Å². The Bertz CT molecular complexity index is 387. The molecule has 2 unspecified atom stereocenters. The van der Waals surface area contributed by atoms with Gasteiger partial charge in [0.25, 0.3) is 0 Å². The van der Waals surface area contributed by atoms with E-state index in [0.717, 1.165) is 35.8 Å². The molecular formula is C15H25N3S. The minimum Gasteiger partial charge on any atom is -0.311 e. The third kappa shape index (κ3) is 4.79.